The van der Waals surface area contributed by atoms with Gasteiger partial charge in [0.25, 0.3) is 5.91 Å². The molecule has 2 heterocycles. The maximum absolute atomic E-state index is 12.5. The Morgan fingerprint density at radius 1 is 1.22 bits per heavy atom. The molecule has 4 rings (SSSR count). The van der Waals surface area contributed by atoms with Crippen molar-refractivity contribution in [1.29, 1.82) is 0 Å². The first-order valence-electron chi connectivity index (χ1n) is 8.28. The van der Waals surface area contributed by atoms with Crippen LogP contribution in [0.2, 0.25) is 0 Å². The van der Waals surface area contributed by atoms with Crippen LogP contribution in [0.1, 0.15) is 23.2 Å². The molecule has 1 aliphatic rings. The summed E-state index contributed by atoms with van der Waals surface area (Å²) in [5, 5.41) is 15.7. The zero-order valence-electron chi connectivity index (χ0n) is 14.1. The lowest BCUT2D eigenvalue weighted by molar-refractivity contribution is 0.102. The molecule has 1 aromatic carbocycles. The molecule has 2 N–H and O–H groups in total. The van der Waals surface area contributed by atoms with Crippen molar-refractivity contribution in [3.63, 3.8) is 0 Å². The summed E-state index contributed by atoms with van der Waals surface area (Å²) in [5.41, 5.74) is 1.20. The molecular formula is C17H16N4O3S3. The molecule has 1 saturated carbocycles. The van der Waals surface area contributed by atoms with Gasteiger partial charge in [0, 0.05) is 23.1 Å². The van der Waals surface area contributed by atoms with Gasteiger partial charge in [-0.3, -0.25) is 10.1 Å². The SMILES string of the molecule is O=C(Nc1nnc(-c2ccsc2)s1)c1cccc(S(=O)(=O)NCC2CC2)c1. The zero-order valence-corrected chi connectivity index (χ0v) is 16.5. The highest BCUT2D eigenvalue weighted by molar-refractivity contribution is 7.89. The van der Waals surface area contributed by atoms with E-state index in [1.165, 1.54) is 23.5 Å². The number of sulfonamides is 1. The zero-order chi connectivity index (χ0) is 18.9. The number of nitrogens with zero attached hydrogens (tertiary/aromatic N) is 2. The minimum Gasteiger partial charge on any atom is -0.296 e. The summed E-state index contributed by atoms with van der Waals surface area (Å²) in [4.78, 5) is 12.6. The molecule has 0 unspecified atom stereocenters. The Labute approximate surface area is 164 Å². The molecule has 3 aromatic rings. The quantitative estimate of drug-likeness (QED) is 0.611. The summed E-state index contributed by atoms with van der Waals surface area (Å²) >= 11 is 2.82. The summed E-state index contributed by atoms with van der Waals surface area (Å²) in [5.74, 6) is 0.00310. The summed E-state index contributed by atoms with van der Waals surface area (Å²) < 4.78 is 27.3. The predicted octanol–water partition coefficient (Wildman–Crippen LogP) is 3.21. The Morgan fingerprint density at radius 2 is 2.07 bits per heavy atom. The maximum atomic E-state index is 12.5. The van der Waals surface area contributed by atoms with Gasteiger partial charge in [-0.1, -0.05) is 17.4 Å². The van der Waals surface area contributed by atoms with E-state index in [0.29, 0.717) is 22.6 Å². The van der Waals surface area contributed by atoms with Gasteiger partial charge in [0.1, 0.15) is 5.01 Å². The van der Waals surface area contributed by atoms with E-state index < -0.39 is 15.9 Å². The maximum Gasteiger partial charge on any atom is 0.257 e. The van der Waals surface area contributed by atoms with Gasteiger partial charge in [0.15, 0.2) is 0 Å². The number of rotatable bonds is 7. The Kier molecular flexibility index (Phi) is 5.04. The number of hydrogen-bond acceptors (Lipinski definition) is 7. The first kappa shape index (κ1) is 18.2. The molecule has 140 valence electrons. The third-order valence-electron chi connectivity index (χ3n) is 4.08. The van der Waals surface area contributed by atoms with E-state index in [1.54, 1.807) is 23.5 Å². The Morgan fingerprint density at radius 3 is 2.81 bits per heavy atom. The van der Waals surface area contributed by atoms with Crippen LogP contribution in [0.25, 0.3) is 10.6 Å². The van der Waals surface area contributed by atoms with Gasteiger partial charge in [0.2, 0.25) is 15.2 Å². The molecule has 0 bridgehead atoms. The van der Waals surface area contributed by atoms with Gasteiger partial charge in [-0.15, -0.1) is 10.2 Å². The number of carbonyl (C=O) groups excluding carboxylic acids is 1. The van der Waals surface area contributed by atoms with E-state index in [0.717, 1.165) is 18.4 Å². The predicted molar refractivity (Wildman–Crippen MR) is 106 cm³/mol. The fourth-order valence-corrected chi connectivity index (χ4v) is 4.99. The Bertz CT molecular complexity index is 1060. The fraction of sp³-hybridized carbons (Fsp3) is 0.235. The molecule has 0 spiro atoms. The van der Waals surface area contributed by atoms with Crippen molar-refractivity contribution in [3.8, 4) is 10.6 Å². The van der Waals surface area contributed by atoms with Crippen LogP contribution in [0.15, 0.2) is 46.0 Å². The van der Waals surface area contributed by atoms with Crippen molar-refractivity contribution in [3.05, 3.63) is 46.7 Å². The molecule has 2 aromatic heterocycles. The van der Waals surface area contributed by atoms with E-state index in [4.69, 9.17) is 0 Å². The molecule has 1 amide bonds. The normalized spacial score (nSPS) is 14.2. The van der Waals surface area contributed by atoms with Gasteiger partial charge >= 0.3 is 0 Å². The number of amides is 1. The molecule has 1 aliphatic carbocycles. The molecule has 0 radical (unpaired) electrons. The highest BCUT2D eigenvalue weighted by Crippen LogP contribution is 2.29. The lowest BCUT2D eigenvalue weighted by atomic mass is 10.2. The molecule has 7 nitrogen and oxygen atoms in total. The summed E-state index contributed by atoms with van der Waals surface area (Å²) in [6.07, 6.45) is 2.11. The number of anilines is 1. The number of hydrogen-bond donors (Lipinski definition) is 2. The van der Waals surface area contributed by atoms with Gasteiger partial charge in [-0.05, 0) is 48.4 Å². The third-order valence-corrected chi connectivity index (χ3v) is 7.07. The third kappa shape index (κ3) is 4.41. The second-order valence-corrected chi connectivity index (χ2v) is 9.73. The highest BCUT2D eigenvalue weighted by atomic mass is 32.2. The topological polar surface area (TPSA) is 101 Å². The van der Waals surface area contributed by atoms with Gasteiger partial charge < -0.3 is 0 Å². The molecule has 0 aliphatic heterocycles. The van der Waals surface area contributed by atoms with Crippen LogP contribution >= 0.6 is 22.7 Å². The minimum absolute atomic E-state index is 0.0759. The first-order chi connectivity index (χ1) is 13.0. The number of thiophene rings is 1. The molecule has 27 heavy (non-hydrogen) atoms. The number of aromatic nitrogens is 2. The van der Waals surface area contributed by atoms with Crippen LogP contribution in [-0.4, -0.2) is 31.1 Å². The van der Waals surface area contributed by atoms with Gasteiger partial charge in [0.05, 0.1) is 4.90 Å². The molecule has 1 fully saturated rings. The van der Waals surface area contributed by atoms with Crippen molar-refractivity contribution in [2.75, 3.05) is 11.9 Å². The second kappa shape index (κ2) is 7.47. The second-order valence-electron chi connectivity index (χ2n) is 6.20. The van der Waals surface area contributed by atoms with Crippen molar-refractivity contribution >= 4 is 43.7 Å². The van der Waals surface area contributed by atoms with Crippen molar-refractivity contribution in [2.45, 2.75) is 17.7 Å². The Balaban J connectivity index is 1.47. The largest absolute Gasteiger partial charge is 0.296 e. The van der Waals surface area contributed by atoms with E-state index in [-0.39, 0.29) is 10.5 Å². The monoisotopic (exact) mass is 420 g/mol. The first-order valence-corrected chi connectivity index (χ1v) is 11.5. The highest BCUT2D eigenvalue weighted by Gasteiger charge is 2.24. The van der Waals surface area contributed by atoms with Crippen LogP contribution in [0.5, 0.6) is 0 Å². The van der Waals surface area contributed by atoms with Crippen LogP contribution in [0.3, 0.4) is 0 Å². The minimum atomic E-state index is -3.62. The number of nitrogens with one attached hydrogen (secondary N) is 2. The average Bonchev–Trinajstić information content (AvgIpc) is 3.13. The van der Waals surface area contributed by atoms with Crippen molar-refractivity contribution in [2.24, 2.45) is 5.92 Å². The van der Waals surface area contributed by atoms with E-state index >= 15 is 0 Å². The summed E-state index contributed by atoms with van der Waals surface area (Å²) in [6.45, 7) is 0.439. The van der Waals surface area contributed by atoms with Crippen LogP contribution in [0, 0.1) is 5.92 Å². The molecule has 0 atom stereocenters. The number of carbonyl (C=O) groups is 1. The van der Waals surface area contributed by atoms with E-state index in [1.807, 2.05) is 16.8 Å². The smallest absolute Gasteiger partial charge is 0.257 e. The number of benzene rings is 1. The van der Waals surface area contributed by atoms with Crippen LogP contribution in [0.4, 0.5) is 5.13 Å². The van der Waals surface area contributed by atoms with Crippen molar-refractivity contribution in [1.82, 2.24) is 14.9 Å². The lowest BCUT2D eigenvalue weighted by Gasteiger charge is -2.07. The molecule has 0 saturated heterocycles. The standard InChI is InChI=1S/C17H16N4O3S3/c22-15(19-17-21-20-16(26-17)13-6-7-25-10-13)12-2-1-3-14(8-12)27(23,24)18-9-11-4-5-11/h1-3,6-8,10-11,18H,4-5,9H2,(H,19,21,22). The summed E-state index contributed by atoms with van der Waals surface area (Å²) in [6, 6.07) is 7.89. The molecular weight excluding hydrogens is 404 g/mol. The van der Waals surface area contributed by atoms with Gasteiger partial charge in [-0.2, -0.15) is 11.3 Å². The van der Waals surface area contributed by atoms with E-state index in [2.05, 4.69) is 20.2 Å². The van der Waals surface area contributed by atoms with Crippen molar-refractivity contribution < 1.29 is 13.2 Å². The average molecular weight is 421 g/mol. The van der Waals surface area contributed by atoms with Crippen LogP contribution in [-0.2, 0) is 10.0 Å². The molecule has 10 heteroatoms. The Hall–Kier alpha value is -2.14. The van der Waals surface area contributed by atoms with Crippen LogP contribution < -0.4 is 10.0 Å². The summed E-state index contributed by atoms with van der Waals surface area (Å²) in [7, 11) is -3.62. The lowest BCUT2D eigenvalue weighted by Crippen LogP contribution is -2.26. The fourth-order valence-electron chi connectivity index (χ4n) is 2.38. The van der Waals surface area contributed by atoms with E-state index in [9.17, 15) is 13.2 Å². The van der Waals surface area contributed by atoms with Gasteiger partial charge in [-0.25, -0.2) is 13.1 Å².